The second-order valence-electron chi connectivity index (χ2n) is 5.10. The Kier molecular flexibility index (Phi) is 5.54. The highest BCUT2D eigenvalue weighted by atomic mass is 79.9. The topological polar surface area (TPSA) is 92.3 Å². The van der Waals surface area contributed by atoms with Crippen LogP contribution in [0.1, 0.15) is 27.0 Å². The molecule has 0 atom stereocenters. The Balaban J connectivity index is 2.69. The monoisotopic (exact) mass is 390 g/mol. The van der Waals surface area contributed by atoms with Crippen molar-refractivity contribution >= 4 is 21.7 Å². The molecule has 0 aliphatic heterocycles. The molecule has 0 spiro atoms. The molecule has 6 nitrogen and oxygen atoms in total. The number of benzene rings is 1. The zero-order chi connectivity index (χ0) is 17.9. The summed E-state index contributed by atoms with van der Waals surface area (Å²) < 4.78 is 6.71. The molecule has 2 aromatic rings. The summed E-state index contributed by atoms with van der Waals surface area (Å²) in [5.41, 5.74) is -0.343. The van der Waals surface area contributed by atoms with E-state index in [2.05, 4.69) is 15.9 Å². The predicted molar refractivity (Wildman–Crippen MR) is 91.3 cm³/mol. The van der Waals surface area contributed by atoms with Crippen LogP contribution in [0.4, 0.5) is 0 Å². The van der Waals surface area contributed by atoms with E-state index in [1.807, 2.05) is 6.07 Å². The highest BCUT2D eigenvalue weighted by Crippen LogP contribution is 2.25. The van der Waals surface area contributed by atoms with Gasteiger partial charge in [0.25, 0.3) is 5.56 Å². The molecule has 0 fully saturated rings. The van der Waals surface area contributed by atoms with Gasteiger partial charge in [-0.1, -0.05) is 15.9 Å². The van der Waals surface area contributed by atoms with Gasteiger partial charge in [0.05, 0.1) is 18.7 Å². The number of aromatic nitrogens is 1. The van der Waals surface area contributed by atoms with Crippen molar-refractivity contribution in [2.75, 3.05) is 13.7 Å². The zero-order valence-corrected chi connectivity index (χ0v) is 14.8. The van der Waals surface area contributed by atoms with E-state index in [1.165, 1.54) is 14.0 Å². The summed E-state index contributed by atoms with van der Waals surface area (Å²) in [7, 11) is 1.45. The quantitative estimate of drug-likeness (QED) is 0.791. The first-order valence-corrected chi connectivity index (χ1v) is 7.87. The van der Waals surface area contributed by atoms with Gasteiger partial charge in [-0.2, -0.15) is 5.26 Å². The Morgan fingerprint density at radius 3 is 2.54 bits per heavy atom. The molecule has 0 bridgehead atoms. The van der Waals surface area contributed by atoms with E-state index in [-0.39, 0.29) is 29.8 Å². The van der Waals surface area contributed by atoms with Gasteiger partial charge in [-0.05, 0) is 36.8 Å². The van der Waals surface area contributed by atoms with Crippen molar-refractivity contribution in [2.24, 2.45) is 0 Å². The minimum atomic E-state index is -0.642. The minimum absolute atomic E-state index is 0.0384. The van der Waals surface area contributed by atoms with Gasteiger partial charge in [0, 0.05) is 17.1 Å². The summed E-state index contributed by atoms with van der Waals surface area (Å²) in [5, 5.41) is 19.7. The molecule has 0 aliphatic carbocycles. The molecule has 1 N–H and O–H groups in total. The lowest BCUT2D eigenvalue weighted by Gasteiger charge is -2.15. The van der Waals surface area contributed by atoms with Crippen LogP contribution in [0, 0.1) is 18.3 Å². The lowest BCUT2D eigenvalue weighted by atomic mass is 9.97. The molecular weight excluding hydrogens is 376 g/mol. The summed E-state index contributed by atoms with van der Waals surface area (Å²) in [6, 6.07) is 8.42. The number of hydrogen-bond donors (Lipinski definition) is 1. The van der Waals surface area contributed by atoms with Gasteiger partial charge >= 0.3 is 0 Å². The van der Waals surface area contributed by atoms with Crippen LogP contribution in [0.3, 0.4) is 0 Å². The number of ether oxygens (including phenoxy) is 1. The first-order chi connectivity index (χ1) is 11.4. The first-order valence-electron chi connectivity index (χ1n) is 7.08. The van der Waals surface area contributed by atoms with Crippen LogP contribution in [0.15, 0.2) is 33.5 Å². The van der Waals surface area contributed by atoms with Crippen LogP contribution in [0.5, 0.6) is 5.88 Å². The van der Waals surface area contributed by atoms with Crippen molar-refractivity contribution in [3.63, 3.8) is 0 Å². The van der Waals surface area contributed by atoms with Crippen molar-refractivity contribution in [1.82, 2.24) is 4.57 Å². The number of methoxy groups -OCH3 is 1. The minimum Gasteiger partial charge on any atom is -0.494 e. The van der Waals surface area contributed by atoms with Crippen LogP contribution in [0.2, 0.25) is 0 Å². The van der Waals surface area contributed by atoms with Crippen molar-refractivity contribution in [3.8, 4) is 11.9 Å². The second-order valence-corrected chi connectivity index (χ2v) is 6.01. The normalized spacial score (nSPS) is 10.4. The highest BCUT2D eigenvalue weighted by molar-refractivity contribution is 9.10. The zero-order valence-electron chi connectivity index (χ0n) is 13.2. The lowest BCUT2D eigenvalue weighted by molar-refractivity contribution is 0.103. The Bertz CT molecular complexity index is 879. The number of ketones is 1. The second kappa shape index (κ2) is 7.43. The average molecular weight is 391 g/mol. The fourth-order valence-electron chi connectivity index (χ4n) is 2.36. The van der Waals surface area contributed by atoms with Gasteiger partial charge in [0.1, 0.15) is 11.6 Å². The number of pyridine rings is 1. The summed E-state index contributed by atoms with van der Waals surface area (Å²) in [6.07, 6.45) is 0. The number of rotatable bonds is 5. The SMILES string of the molecule is COCCn1c(O)c(C(=O)c2ccc(Br)cc2)c(C)c(C#N)c1=O. The summed E-state index contributed by atoms with van der Waals surface area (Å²) in [5.74, 6) is -0.915. The van der Waals surface area contributed by atoms with Crippen LogP contribution in [-0.2, 0) is 11.3 Å². The maximum Gasteiger partial charge on any atom is 0.271 e. The maximum absolute atomic E-state index is 12.8. The van der Waals surface area contributed by atoms with E-state index in [0.717, 1.165) is 9.04 Å². The third-order valence-corrected chi connectivity index (χ3v) is 4.18. The number of nitrogens with zero attached hydrogens (tertiary/aromatic N) is 2. The molecule has 124 valence electrons. The van der Waals surface area contributed by atoms with Crippen molar-refractivity contribution in [1.29, 1.82) is 5.26 Å². The molecule has 1 heterocycles. The van der Waals surface area contributed by atoms with Gasteiger partial charge in [-0.3, -0.25) is 14.2 Å². The van der Waals surface area contributed by atoms with E-state index in [4.69, 9.17) is 4.74 Å². The number of halogens is 1. The molecule has 0 saturated carbocycles. The van der Waals surface area contributed by atoms with Crippen LogP contribution in [-0.4, -0.2) is 29.2 Å². The molecule has 7 heteroatoms. The van der Waals surface area contributed by atoms with E-state index in [1.54, 1.807) is 24.3 Å². The first kappa shape index (κ1) is 17.9. The molecule has 0 aliphatic rings. The van der Waals surface area contributed by atoms with Gasteiger partial charge in [0.15, 0.2) is 5.78 Å². The van der Waals surface area contributed by atoms with Crippen molar-refractivity contribution in [3.05, 3.63) is 61.3 Å². The molecule has 0 radical (unpaired) electrons. The number of hydrogen-bond acceptors (Lipinski definition) is 5. The predicted octanol–water partition coefficient (Wildman–Crippen LogP) is 2.37. The van der Waals surface area contributed by atoms with Crippen molar-refractivity contribution in [2.45, 2.75) is 13.5 Å². The maximum atomic E-state index is 12.8. The van der Waals surface area contributed by atoms with Gasteiger partial charge < -0.3 is 9.84 Å². The largest absolute Gasteiger partial charge is 0.494 e. The molecule has 1 aromatic heterocycles. The van der Waals surface area contributed by atoms with E-state index >= 15 is 0 Å². The molecule has 1 aromatic carbocycles. The Morgan fingerprint density at radius 1 is 1.38 bits per heavy atom. The number of aromatic hydroxyl groups is 1. The summed E-state index contributed by atoms with van der Waals surface area (Å²) in [4.78, 5) is 25.1. The number of carbonyl (C=O) groups is 1. The third kappa shape index (κ3) is 3.25. The molecule has 0 saturated heterocycles. The smallest absolute Gasteiger partial charge is 0.271 e. The van der Waals surface area contributed by atoms with Crippen LogP contribution in [0.25, 0.3) is 0 Å². The lowest BCUT2D eigenvalue weighted by Crippen LogP contribution is -2.28. The van der Waals surface area contributed by atoms with Gasteiger partial charge in [-0.15, -0.1) is 0 Å². The fraction of sp³-hybridized carbons (Fsp3) is 0.235. The average Bonchev–Trinajstić information content (AvgIpc) is 2.55. The summed E-state index contributed by atoms with van der Waals surface area (Å²) >= 11 is 3.29. The molecule has 0 unspecified atom stereocenters. The van der Waals surface area contributed by atoms with Crippen molar-refractivity contribution < 1.29 is 14.6 Å². The van der Waals surface area contributed by atoms with E-state index in [9.17, 15) is 20.0 Å². The summed E-state index contributed by atoms with van der Waals surface area (Å²) in [6.45, 7) is 1.68. The molecule has 2 rings (SSSR count). The fourth-order valence-corrected chi connectivity index (χ4v) is 2.62. The van der Waals surface area contributed by atoms with E-state index < -0.39 is 17.2 Å². The van der Waals surface area contributed by atoms with Gasteiger partial charge in [-0.25, -0.2) is 0 Å². The van der Waals surface area contributed by atoms with Crippen LogP contribution < -0.4 is 5.56 Å². The number of carbonyl (C=O) groups excluding carboxylic acids is 1. The highest BCUT2D eigenvalue weighted by Gasteiger charge is 2.24. The van der Waals surface area contributed by atoms with Gasteiger partial charge in [0.2, 0.25) is 5.88 Å². The Morgan fingerprint density at radius 2 is 2.00 bits per heavy atom. The van der Waals surface area contributed by atoms with Crippen LogP contribution >= 0.6 is 15.9 Å². The standard InChI is InChI=1S/C17H15BrN2O4/c1-10-13(9-19)16(22)20(7-8-24-2)17(23)14(10)15(21)11-3-5-12(18)6-4-11/h3-6,23H,7-8H2,1-2H3. The Labute approximate surface area is 147 Å². The Hall–Kier alpha value is -2.43. The van der Waals surface area contributed by atoms with E-state index in [0.29, 0.717) is 5.56 Å². The third-order valence-electron chi connectivity index (χ3n) is 3.65. The molecule has 0 amide bonds. The molecular formula is C17H15BrN2O4. The molecule has 24 heavy (non-hydrogen) atoms. The number of nitriles is 1.